The molecular weight excluding hydrogens is 253 g/mol. The fourth-order valence-corrected chi connectivity index (χ4v) is 1.97. The van der Waals surface area contributed by atoms with Gasteiger partial charge in [0.05, 0.1) is 17.0 Å². The number of rotatable bonds is 2. The molecule has 0 bridgehead atoms. The lowest BCUT2D eigenvalue weighted by Crippen LogP contribution is -1.92. The number of nitrogens with zero attached hydrogens (tertiary/aromatic N) is 1. The summed E-state index contributed by atoms with van der Waals surface area (Å²) < 4.78 is 0. The van der Waals surface area contributed by atoms with Gasteiger partial charge in [-0.15, -0.1) is 11.6 Å². The first-order chi connectivity index (χ1) is 8.20. The van der Waals surface area contributed by atoms with E-state index in [4.69, 9.17) is 28.5 Å². The number of benzene rings is 2. The highest BCUT2D eigenvalue weighted by Gasteiger charge is 2.10. The van der Waals surface area contributed by atoms with Crippen molar-refractivity contribution >= 4 is 23.2 Å². The lowest BCUT2D eigenvalue weighted by Gasteiger charge is -2.10. The van der Waals surface area contributed by atoms with Crippen LogP contribution in [0.5, 0.6) is 0 Å². The smallest absolute Gasteiger partial charge is 0.0991 e. The van der Waals surface area contributed by atoms with Crippen molar-refractivity contribution in [2.75, 3.05) is 0 Å². The Morgan fingerprint density at radius 2 is 1.35 bits per heavy atom. The molecule has 2 rings (SSSR count). The second-order valence-corrected chi connectivity index (χ2v) is 4.52. The van der Waals surface area contributed by atoms with Crippen LogP contribution in [0.3, 0.4) is 0 Å². The minimum atomic E-state index is -0.222. The van der Waals surface area contributed by atoms with E-state index in [9.17, 15) is 0 Å². The van der Waals surface area contributed by atoms with Gasteiger partial charge in [0.1, 0.15) is 0 Å². The van der Waals surface area contributed by atoms with E-state index in [0.29, 0.717) is 10.6 Å². The van der Waals surface area contributed by atoms with Crippen molar-refractivity contribution in [3.8, 4) is 6.07 Å². The van der Waals surface area contributed by atoms with Crippen LogP contribution in [0.2, 0.25) is 5.02 Å². The number of hydrogen-bond donors (Lipinski definition) is 0. The van der Waals surface area contributed by atoms with E-state index in [2.05, 4.69) is 6.07 Å². The second kappa shape index (κ2) is 5.23. The number of alkyl halides is 1. The molecule has 17 heavy (non-hydrogen) atoms. The third kappa shape index (κ3) is 2.79. The largest absolute Gasteiger partial charge is 0.192 e. The van der Waals surface area contributed by atoms with Gasteiger partial charge in [-0.3, -0.25) is 0 Å². The second-order valence-electron chi connectivity index (χ2n) is 3.65. The molecular formula is C14H9Cl2N. The van der Waals surface area contributed by atoms with Gasteiger partial charge in [-0.05, 0) is 35.4 Å². The van der Waals surface area contributed by atoms with E-state index in [1.54, 1.807) is 12.1 Å². The predicted octanol–water partition coefficient (Wildman–Crippen LogP) is 4.54. The fourth-order valence-electron chi connectivity index (χ4n) is 1.55. The molecule has 3 heteroatoms. The molecule has 0 N–H and O–H groups in total. The summed E-state index contributed by atoms with van der Waals surface area (Å²) in [5, 5.41) is 9.19. The van der Waals surface area contributed by atoms with Crippen LogP contribution < -0.4 is 0 Å². The summed E-state index contributed by atoms with van der Waals surface area (Å²) in [6, 6.07) is 16.8. The molecule has 2 aromatic rings. The Balaban J connectivity index is 2.27. The maximum absolute atomic E-state index is 8.72. The average Bonchev–Trinajstić information content (AvgIpc) is 2.39. The first-order valence-corrected chi connectivity index (χ1v) is 5.92. The molecule has 0 amide bonds. The van der Waals surface area contributed by atoms with E-state index in [-0.39, 0.29) is 5.38 Å². The summed E-state index contributed by atoms with van der Waals surface area (Å²) in [6.45, 7) is 0. The molecule has 0 unspecified atom stereocenters. The summed E-state index contributed by atoms with van der Waals surface area (Å²) in [5.41, 5.74) is 2.59. The van der Waals surface area contributed by atoms with E-state index >= 15 is 0 Å². The Kier molecular flexibility index (Phi) is 3.68. The van der Waals surface area contributed by atoms with Gasteiger partial charge in [-0.25, -0.2) is 0 Å². The Bertz CT molecular complexity index is 538. The molecule has 1 atom stereocenters. The van der Waals surface area contributed by atoms with Gasteiger partial charge in [0.25, 0.3) is 0 Å². The maximum atomic E-state index is 8.72. The Hall–Kier alpha value is -1.49. The number of halogens is 2. The zero-order valence-electron chi connectivity index (χ0n) is 8.90. The van der Waals surface area contributed by atoms with Gasteiger partial charge in [0.15, 0.2) is 0 Å². The Morgan fingerprint density at radius 3 is 1.82 bits per heavy atom. The summed E-state index contributed by atoms with van der Waals surface area (Å²) >= 11 is 12.2. The van der Waals surface area contributed by atoms with Crippen molar-refractivity contribution in [2.45, 2.75) is 5.38 Å². The molecule has 0 radical (unpaired) electrons. The van der Waals surface area contributed by atoms with Gasteiger partial charge in [-0.2, -0.15) is 5.26 Å². The molecule has 84 valence electrons. The fraction of sp³-hybridized carbons (Fsp3) is 0.0714. The molecule has 0 aromatic heterocycles. The average molecular weight is 262 g/mol. The van der Waals surface area contributed by atoms with Crippen LogP contribution in [0.4, 0.5) is 0 Å². The van der Waals surface area contributed by atoms with Crippen molar-refractivity contribution < 1.29 is 0 Å². The maximum Gasteiger partial charge on any atom is 0.0991 e. The number of hydrogen-bond acceptors (Lipinski definition) is 1. The zero-order valence-corrected chi connectivity index (χ0v) is 10.4. The molecule has 0 saturated heterocycles. The van der Waals surface area contributed by atoms with Gasteiger partial charge < -0.3 is 0 Å². The van der Waals surface area contributed by atoms with Crippen molar-refractivity contribution in [3.05, 3.63) is 70.2 Å². The first-order valence-electron chi connectivity index (χ1n) is 5.10. The lowest BCUT2D eigenvalue weighted by molar-refractivity contribution is 1.14. The minimum absolute atomic E-state index is 0.222. The van der Waals surface area contributed by atoms with Crippen LogP contribution >= 0.6 is 23.2 Å². The van der Waals surface area contributed by atoms with Crippen LogP contribution in [0.15, 0.2) is 48.5 Å². The third-order valence-corrected chi connectivity index (χ3v) is 3.25. The van der Waals surface area contributed by atoms with Crippen LogP contribution in [0.1, 0.15) is 22.1 Å². The first kappa shape index (κ1) is 12.0. The normalized spacial score (nSPS) is 11.8. The van der Waals surface area contributed by atoms with E-state index in [0.717, 1.165) is 11.1 Å². The highest BCUT2D eigenvalue weighted by Crippen LogP contribution is 2.29. The summed E-state index contributed by atoms with van der Waals surface area (Å²) in [4.78, 5) is 0. The molecule has 0 aliphatic heterocycles. The van der Waals surface area contributed by atoms with Crippen LogP contribution in [0.25, 0.3) is 0 Å². The van der Waals surface area contributed by atoms with Crippen LogP contribution in [-0.2, 0) is 0 Å². The van der Waals surface area contributed by atoms with E-state index in [1.807, 2.05) is 36.4 Å². The van der Waals surface area contributed by atoms with Gasteiger partial charge in [-0.1, -0.05) is 35.9 Å². The monoisotopic (exact) mass is 261 g/mol. The van der Waals surface area contributed by atoms with Gasteiger partial charge >= 0.3 is 0 Å². The molecule has 0 aliphatic rings. The highest BCUT2D eigenvalue weighted by molar-refractivity contribution is 6.30. The van der Waals surface area contributed by atoms with Crippen LogP contribution in [-0.4, -0.2) is 0 Å². The summed E-state index contributed by atoms with van der Waals surface area (Å²) in [5.74, 6) is 0. The molecule has 0 heterocycles. The molecule has 0 saturated carbocycles. The SMILES string of the molecule is N#Cc1ccc([C@@H](Cl)c2ccc(Cl)cc2)cc1. The zero-order chi connectivity index (χ0) is 12.3. The minimum Gasteiger partial charge on any atom is -0.192 e. The standard InChI is InChI=1S/C14H9Cl2N/c15-13-7-5-12(6-8-13)14(16)11-3-1-10(9-17)2-4-11/h1-8,14H/t14-/m1/s1. The lowest BCUT2D eigenvalue weighted by atomic mass is 10.0. The van der Waals surface area contributed by atoms with E-state index < -0.39 is 0 Å². The predicted molar refractivity (Wildman–Crippen MR) is 70.3 cm³/mol. The quantitative estimate of drug-likeness (QED) is 0.729. The molecule has 1 nitrogen and oxygen atoms in total. The van der Waals surface area contributed by atoms with Crippen molar-refractivity contribution in [1.82, 2.24) is 0 Å². The third-order valence-electron chi connectivity index (χ3n) is 2.50. The summed E-state index contributed by atoms with van der Waals surface area (Å²) in [7, 11) is 0. The van der Waals surface area contributed by atoms with Crippen molar-refractivity contribution in [2.24, 2.45) is 0 Å². The molecule has 0 spiro atoms. The molecule has 2 aromatic carbocycles. The van der Waals surface area contributed by atoms with Gasteiger partial charge in [0, 0.05) is 5.02 Å². The van der Waals surface area contributed by atoms with E-state index in [1.165, 1.54) is 0 Å². The Labute approximate surface area is 110 Å². The molecule has 0 aliphatic carbocycles. The summed E-state index contributed by atoms with van der Waals surface area (Å²) in [6.07, 6.45) is 0. The highest BCUT2D eigenvalue weighted by atomic mass is 35.5. The number of nitriles is 1. The topological polar surface area (TPSA) is 23.8 Å². The van der Waals surface area contributed by atoms with Gasteiger partial charge in [0.2, 0.25) is 0 Å². The molecule has 0 fully saturated rings. The van der Waals surface area contributed by atoms with Crippen molar-refractivity contribution in [1.29, 1.82) is 5.26 Å². The van der Waals surface area contributed by atoms with Crippen LogP contribution in [0, 0.1) is 11.3 Å². The van der Waals surface area contributed by atoms with Crippen molar-refractivity contribution in [3.63, 3.8) is 0 Å². The Morgan fingerprint density at radius 1 is 0.882 bits per heavy atom.